The van der Waals surface area contributed by atoms with Gasteiger partial charge in [0.05, 0.1) is 12.1 Å². The molecule has 0 fully saturated rings. The average Bonchev–Trinajstić information content (AvgIpc) is 3.28. The van der Waals surface area contributed by atoms with E-state index in [0.717, 1.165) is 16.3 Å². The maximum absolute atomic E-state index is 12.5. The minimum absolute atomic E-state index is 0.119. The summed E-state index contributed by atoms with van der Waals surface area (Å²) in [5, 5.41) is 21.3. The summed E-state index contributed by atoms with van der Waals surface area (Å²) in [5.41, 5.74) is 1.49. The number of nitriles is 1. The number of carbonyl (C=O) groups is 1. The molecule has 1 aromatic heterocycles. The van der Waals surface area contributed by atoms with Gasteiger partial charge in [0.25, 0.3) is 5.91 Å². The Morgan fingerprint density at radius 2 is 2.03 bits per heavy atom. The van der Waals surface area contributed by atoms with Crippen molar-refractivity contribution in [2.24, 2.45) is 0 Å². The van der Waals surface area contributed by atoms with Gasteiger partial charge in [-0.1, -0.05) is 42.0 Å². The SMILES string of the molecule is CCc1nnc(NC(=O)C(C#N)=Cc2cc(Cl)c(OCCOc3cccc(C)c3)c(OC)c2)s1. The van der Waals surface area contributed by atoms with E-state index < -0.39 is 5.91 Å². The fourth-order valence-corrected chi connectivity index (χ4v) is 3.85. The highest BCUT2D eigenvalue weighted by molar-refractivity contribution is 7.15. The van der Waals surface area contributed by atoms with Gasteiger partial charge in [-0.25, -0.2) is 0 Å². The van der Waals surface area contributed by atoms with Crippen LogP contribution in [0, 0.1) is 18.3 Å². The van der Waals surface area contributed by atoms with Crippen LogP contribution in [0.15, 0.2) is 42.0 Å². The van der Waals surface area contributed by atoms with E-state index in [1.165, 1.54) is 24.5 Å². The van der Waals surface area contributed by atoms with E-state index in [9.17, 15) is 10.1 Å². The zero-order valence-corrected chi connectivity index (χ0v) is 20.5. The molecule has 34 heavy (non-hydrogen) atoms. The third kappa shape index (κ3) is 6.70. The van der Waals surface area contributed by atoms with Gasteiger partial charge in [-0.05, 0) is 54.8 Å². The standard InChI is InChI=1S/C24H23ClN4O4S/c1-4-21-28-29-24(34-21)27-23(30)17(14-26)11-16-12-19(25)22(20(13-16)31-3)33-9-8-32-18-7-5-6-15(2)10-18/h5-7,10-13H,4,8-9H2,1-3H3,(H,27,29,30). The molecule has 2 aromatic carbocycles. The lowest BCUT2D eigenvalue weighted by atomic mass is 10.1. The van der Waals surface area contributed by atoms with Crippen LogP contribution in [-0.2, 0) is 11.2 Å². The number of hydrogen-bond donors (Lipinski definition) is 1. The molecule has 10 heteroatoms. The predicted molar refractivity (Wildman–Crippen MR) is 132 cm³/mol. The van der Waals surface area contributed by atoms with Gasteiger partial charge in [0.1, 0.15) is 35.6 Å². The van der Waals surface area contributed by atoms with Crippen molar-refractivity contribution in [3.05, 3.63) is 63.1 Å². The molecule has 0 aliphatic rings. The Morgan fingerprint density at radius 1 is 1.24 bits per heavy atom. The number of rotatable bonds is 10. The summed E-state index contributed by atoms with van der Waals surface area (Å²) < 4.78 is 16.9. The van der Waals surface area contributed by atoms with Gasteiger partial charge in [0.2, 0.25) is 5.13 Å². The third-order valence-corrected chi connectivity index (χ3v) is 5.77. The first kappa shape index (κ1) is 25.0. The van der Waals surface area contributed by atoms with Crippen molar-refractivity contribution in [3.8, 4) is 23.3 Å². The van der Waals surface area contributed by atoms with E-state index in [0.29, 0.717) is 35.2 Å². The summed E-state index contributed by atoms with van der Waals surface area (Å²) in [6.45, 7) is 4.49. The van der Waals surface area contributed by atoms with E-state index in [1.54, 1.807) is 12.1 Å². The number of ether oxygens (including phenoxy) is 3. The van der Waals surface area contributed by atoms with Crippen LogP contribution in [0.25, 0.3) is 6.08 Å². The second-order valence-electron chi connectivity index (χ2n) is 7.03. The largest absolute Gasteiger partial charge is 0.493 e. The van der Waals surface area contributed by atoms with Crippen LogP contribution >= 0.6 is 22.9 Å². The fourth-order valence-electron chi connectivity index (χ4n) is 2.90. The van der Waals surface area contributed by atoms with Gasteiger partial charge < -0.3 is 14.2 Å². The molecule has 0 aliphatic carbocycles. The van der Waals surface area contributed by atoms with Crippen molar-refractivity contribution in [1.29, 1.82) is 5.26 Å². The van der Waals surface area contributed by atoms with Gasteiger partial charge in [-0.15, -0.1) is 10.2 Å². The van der Waals surface area contributed by atoms with Gasteiger partial charge in [0, 0.05) is 0 Å². The van der Waals surface area contributed by atoms with Crippen LogP contribution in [0.2, 0.25) is 5.02 Å². The van der Waals surface area contributed by atoms with Crippen molar-refractivity contribution < 1.29 is 19.0 Å². The fraction of sp³-hybridized carbons (Fsp3) is 0.250. The number of nitrogens with zero attached hydrogens (tertiary/aromatic N) is 3. The topological polar surface area (TPSA) is 106 Å². The van der Waals surface area contributed by atoms with Crippen LogP contribution in [0.4, 0.5) is 5.13 Å². The lowest BCUT2D eigenvalue weighted by Gasteiger charge is -2.14. The van der Waals surface area contributed by atoms with Crippen LogP contribution in [0.5, 0.6) is 17.2 Å². The Bertz CT molecular complexity index is 1240. The first-order valence-electron chi connectivity index (χ1n) is 10.4. The second-order valence-corrected chi connectivity index (χ2v) is 8.50. The van der Waals surface area contributed by atoms with E-state index in [-0.39, 0.29) is 17.2 Å². The summed E-state index contributed by atoms with van der Waals surface area (Å²) in [4.78, 5) is 12.5. The normalized spacial score (nSPS) is 11.0. The number of aryl methyl sites for hydroxylation is 2. The number of methoxy groups -OCH3 is 1. The Morgan fingerprint density at radius 3 is 2.71 bits per heavy atom. The Hall–Kier alpha value is -3.61. The minimum Gasteiger partial charge on any atom is -0.493 e. The minimum atomic E-state index is -0.593. The van der Waals surface area contributed by atoms with E-state index in [1.807, 2.05) is 44.2 Å². The molecule has 0 bridgehead atoms. The van der Waals surface area contributed by atoms with Crippen molar-refractivity contribution >= 4 is 40.1 Å². The summed E-state index contributed by atoms with van der Waals surface area (Å²) in [6.07, 6.45) is 2.12. The molecule has 0 unspecified atom stereocenters. The van der Waals surface area contributed by atoms with Crippen molar-refractivity contribution in [2.45, 2.75) is 20.3 Å². The lowest BCUT2D eigenvalue weighted by molar-refractivity contribution is -0.112. The molecule has 0 aliphatic heterocycles. The molecule has 3 rings (SSSR count). The van der Waals surface area contributed by atoms with Crippen LogP contribution in [0.3, 0.4) is 0 Å². The first-order valence-corrected chi connectivity index (χ1v) is 11.6. The summed E-state index contributed by atoms with van der Waals surface area (Å²) in [7, 11) is 1.48. The molecular weight excluding hydrogens is 476 g/mol. The highest BCUT2D eigenvalue weighted by Crippen LogP contribution is 2.37. The highest BCUT2D eigenvalue weighted by atomic mass is 35.5. The Labute approximate surface area is 206 Å². The van der Waals surface area contributed by atoms with E-state index in [4.69, 9.17) is 25.8 Å². The molecule has 0 radical (unpaired) electrons. The molecule has 1 amide bonds. The second kappa shape index (κ2) is 12.0. The smallest absolute Gasteiger partial charge is 0.268 e. The Balaban J connectivity index is 1.68. The maximum Gasteiger partial charge on any atom is 0.268 e. The molecule has 0 saturated heterocycles. The zero-order valence-electron chi connectivity index (χ0n) is 18.9. The van der Waals surface area contributed by atoms with Crippen LogP contribution in [0.1, 0.15) is 23.1 Å². The number of nitrogens with one attached hydrogen (secondary N) is 1. The number of halogens is 1. The van der Waals surface area contributed by atoms with Crippen LogP contribution in [-0.4, -0.2) is 36.4 Å². The lowest BCUT2D eigenvalue weighted by Crippen LogP contribution is -2.13. The quantitative estimate of drug-likeness (QED) is 0.236. The molecule has 8 nitrogen and oxygen atoms in total. The summed E-state index contributed by atoms with van der Waals surface area (Å²) >= 11 is 7.67. The van der Waals surface area contributed by atoms with Crippen LogP contribution < -0.4 is 19.5 Å². The first-order chi connectivity index (χ1) is 16.4. The average molecular weight is 499 g/mol. The summed E-state index contributed by atoms with van der Waals surface area (Å²) in [6, 6.07) is 12.8. The van der Waals surface area contributed by atoms with E-state index in [2.05, 4.69) is 15.5 Å². The van der Waals surface area contributed by atoms with Crippen molar-refractivity contribution in [2.75, 3.05) is 25.6 Å². The highest BCUT2D eigenvalue weighted by Gasteiger charge is 2.15. The number of hydrogen-bond acceptors (Lipinski definition) is 8. The molecule has 1 N–H and O–H groups in total. The molecule has 176 valence electrons. The zero-order chi connectivity index (χ0) is 24.5. The summed E-state index contributed by atoms with van der Waals surface area (Å²) in [5.74, 6) is 0.871. The predicted octanol–water partition coefficient (Wildman–Crippen LogP) is 5.07. The Kier molecular flexibility index (Phi) is 8.85. The number of amides is 1. The molecule has 0 spiro atoms. The van der Waals surface area contributed by atoms with E-state index >= 15 is 0 Å². The molecule has 0 saturated carbocycles. The maximum atomic E-state index is 12.5. The molecule has 3 aromatic rings. The van der Waals surface area contributed by atoms with Crippen molar-refractivity contribution in [3.63, 3.8) is 0 Å². The number of carbonyl (C=O) groups excluding carboxylic acids is 1. The molecular formula is C24H23ClN4O4S. The monoisotopic (exact) mass is 498 g/mol. The van der Waals surface area contributed by atoms with Crippen molar-refractivity contribution in [1.82, 2.24) is 10.2 Å². The van der Waals surface area contributed by atoms with Gasteiger partial charge in [-0.2, -0.15) is 5.26 Å². The number of benzene rings is 2. The molecule has 1 heterocycles. The molecule has 0 atom stereocenters. The van der Waals surface area contributed by atoms with Gasteiger partial charge in [0.15, 0.2) is 11.5 Å². The third-order valence-electron chi connectivity index (χ3n) is 4.51. The number of aromatic nitrogens is 2. The number of anilines is 1. The van der Waals surface area contributed by atoms with Gasteiger partial charge >= 0.3 is 0 Å². The van der Waals surface area contributed by atoms with Gasteiger partial charge in [-0.3, -0.25) is 10.1 Å².